The lowest BCUT2D eigenvalue weighted by atomic mass is 9.68. The van der Waals surface area contributed by atoms with E-state index in [4.69, 9.17) is 0 Å². The van der Waals surface area contributed by atoms with Crippen molar-refractivity contribution in [2.75, 3.05) is 25.5 Å². The summed E-state index contributed by atoms with van der Waals surface area (Å²) in [5.74, 6) is 0. The maximum absolute atomic E-state index is 3.64. The quantitative estimate of drug-likeness (QED) is 0.815. The molecule has 1 aromatic carbocycles. The van der Waals surface area contributed by atoms with Crippen molar-refractivity contribution in [3.8, 4) is 0 Å². The van der Waals surface area contributed by atoms with Gasteiger partial charge in [0, 0.05) is 24.2 Å². The predicted molar refractivity (Wildman–Crippen MR) is 74.6 cm³/mol. The van der Waals surface area contributed by atoms with Crippen molar-refractivity contribution in [1.82, 2.24) is 5.32 Å². The molecule has 17 heavy (non-hydrogen) atoms. The number of nitrogens with one attached hydrogen (secondary N) is 2. The third-order valence-corrected chi connectivity index (χ3v) is 4.01. The van der Waals surface area contributed by atoms with Gasteiger partial charge in [0.1, 0.15) is 0 Å². The molecule has 0 aliphatic heterocycles. The first kappa shape index (κ1) is 12.4. The Bertz CT molecular complexity index is 381. The van der Waals surface area contributed by atoms with Gasteiger partial charge < -0.3 is 10.6 Å². The van der Waals surface area contributed by atoms with Gasteiger partial charge >= 0.3 is 0 Å². The molecule has 2 nitrogen and oxygen atoms in total. The van der Waals surface area contributed by atoms with E-state index in [1.165, 1.54) is 36.1 Å². The molecule has 0 atom stereocenters. The Labute approximate surface area is 105 Å². The first-order chi connectivity index (χ1) is 8.15. The van der Waals surface area contributed by atoms with Crippen molar-refractivity contribution < 1.29 is 0 Å². The smallest absolute Gasteiger partial charge is 0.0372 e. The third kappa shape index (κ3) is 2.81. The highest BCUT2D eigenvalue weighted by molar-refractivity contribution is 5.52. The molecule has 0 aromatic heterocycles. The second-order valence-corrected chi connectivity index (χ2v) is 5.56. The molecule has 0 saturated heterocycles. The van der Waals surface area contributed by atoms with Gasteiger partial charge in [0.2, 0.25) is 0 Å². The molecule has 0 unspecified atom stereocenters. The molecule has 1 aromatic rings. The minimum atomic E-state index is 0.491. The zero-order valence-electron chi connectivity index (χ0n) is 11.3. The van der Waals surface area contributed by atoms with Crippen LogP contribution in [0.15, 0.2) is 18.2 Å². The van der Waals surface area contributed by atoms with Crippen LogP contribution in [0.2, 0.25) is 0 Å². The van der Waals surface area contributed by atoms with Crippen LogP contribution in [-0.2, 0) is 0 Å². The van der Waals surface area contributed by atoms with Crippen molar-refractivity contribution in [3.63, 3.8) is 0 Å². The van der Waals surface area contributed by atoms with Crippen LogP contribution in [0.25, 0.3) is 0 Å². The molecule has 2 N–H and O–H groups in total. The highest BCUT2D eigenvalue weighted by Gasteiger charge is 2.35. The normalized spacial score (nSPS) is 17.6. The summed E-state index contributed by atoms with van der Waals surface area (Å²) < 4.78 is 0. The van der Waals surface area contributed by atoms with Crippen LogP contribution in [0.5, 0.6) is 0 Å². The van der Waals surface area contributed by atoms with E-state index in [1.54, 1.807) is 0 Å². The second kappa shape index (κ2) is 5.09. The SMILES string of the molecule is CNCC1(CNc2cc(C)ccc2C)CCC1. The van der Waals surface area contributed by atoms with E-state index < -0.39 is 0 Å². The standard InChI is InChI=1S/C15H24N2/c1-12-5-6-13(2)14(9-12)17-11-15(10-16-3)7-4-8-15/h5-6,9,16-17H,4,7-8,10-11H2,1-3H3. The topological polar surface area (TPSA) is 24.1 Å². The van der Waals surface area contributed by atoms with Gasteiger partial charge in [-0.25, -0.2) is 0 Å². The first-order valence-electron chi connectivity index (χ1n) is 6.61. The van der Waals surface area contributed by atoms with Crippen molar-refractivity contribution in [2.24, 2.45) is 5.41 Å². The van der Waals surface area contributed by atoms with Crippen molar-refractivity contribution in [3.05, 3.63) is 29.3 Å². The van der Waals surface area contributed by atoms with Crippen LogP contribution in [0.1, 0.15) is 30.4 Å². The lowest BCUT2D eigenvalue weighted by Crippen LogP contribution is -2.44. The summed E-state index contributed by atoms with van der Waals surface area (Å²) in [6.45, 7) is 6.55. The van der Waals surface area contributed by atoms with Gasteiger partial charge in [-0.1, -0.05) is 18.6 Å². The Kier molecular flexibility index (Phi) is 3.72. The molecule has 0 heterocycles. The average molecular weight is 232 g/mol. The number of benzene rings is 1. The van der Waals surface area contributed by atoms with E-state index >= 15 is 0 Å². The molecule has 0 bridgehead atoms. The van der Waals surface area contributed by atoms with E-state index in [2.05, 4.69) is 49.7 Å². The maximum atomic E-state index is 3.64. The highest BCUT2D eigenvalue weighted by Crippen LogP contribution is 2.40. The summed E-state index contributed by atoms with van der Waals surface area (Å²) in [6.07, 6.45) is 4.09. The van der Waals surface area contributed by atoms with E-state index in [-0.39, 0.29) is 0 Å². The summed E-state index contributed by atoms with van der Waals surface area (Å²) in [5, 5.41) is 6.97. The summed E-state index contributed by atoms with van der Waals surface area (Å²) in [6, 6.07) is 6.62. The molecular formula is C15H24N2. The van der Waals surface area contributed by atoms with Gasteiger partial charge in [0.25, 0.3) is 0 Å². The van der Waals surface area contributed by atoms with Gasteiger partial charge in [-0.2, -0.15) is 0 Å². The molecule has 1 aliphatic rings. The number of rotatable bonds is 5. The summed E-state index contributed by atoms with van der Waals surface area (Å²) in [5.41, 5.74) is 4.46. The number of hydrogen-bond acceptors (Lipinski definition) is 2. The van der Waals surface area contributed by atoms with Crippen LogP contribution < -0.4 is 10.6 Å². The minimum Gasteiger partial charge on any atom is -0.384 e. The fourth-order valence-electron chi connectivity index (χ4n) is 2.68. The van der Waals surface area contributed by atoms with E-state index in [0.29, 0.717) is 5.41 Å². The van der Waals surface area contributed by atoms with Gasteiger partial charge in [-0.05, 0) is 50.9 Å². The van der Waals surface area contributed by atoms with Gasteiger partial charge in [0.15, 0.2) is 0 Å². The number of hydrogen-bond donors (Lipinski definition) is 2. The van der Waals surface area contributed by atoms with E-state index in [9.17, 15) is 0 Å². The van der Waals surface area contributed by atoms with Crippen LogP contribution >= 0.6 is 0 Å². The third-order valence-electron chi connectivity index (χ3n) is 4.01. The molecule has 1 saturated carbocycles. The Morgan fingerprint density at radius 1 is 1.18 bits per heavy atom. The monoisotopic (exact) mass is 232 g/mol. The molecule has 0 radical (unpaired) electrons. The molecule has 2 rings (SSSR count). The van der Waals surface area contributed by atoms with Gasteiger partial charge in [0.05, 0.1) is 0 Å². The molecule has 1 aliphatic carbocycles. The van der Waals surface area contributed by atoms with Crippen molar-refractivity contribution >= 4 is 5.69 Å². The van der Waals surface area contributed by atoms with Crippen molar-refractivity contribution in [1.29, 1.82) is 0 Å². The lowest BCUT2D eigenvalue weighted by molar-refractivity contribution is 0.151. The van der Waals surface area contributed by atoms with Crippen LogP contribution in [0.3, 0.4) is 0 Å². The molecule has 1 fully saturated rings. The van der Waals surface area contributed by atoms with Crippen LogP contribution in [-0.4, -0.2) is 20.1 Å². The maximum Gasteiger partial charge on any atom is 0.0372 e. The fourth-order valence-corrected chi connectivity index (χ4v) is 2.68. The number of anilines is 1. The summed E-state index contributed by atoms with van der Waals surface area (Å²) in [4.78, 5) is 0. The van der Waals surface area contributed by atoms with Gasteiger partial charge in [-0.3, -0.25) is 0 Å². The van der Waals surface area contributed by atoms with Crippen LogP contribution in [0.4, 0.5) is 5.69 Å². The Morgan fingerprint density at radius 3 is 2.53 bits per heavy atom. The average Bonchev–Trinajstić information content (AvgIpc) is 2.26. The highest BCUT2D eigenvalue weighted by atomic mass is 14.9. The minimum absolute atomic E-state index is 0.491. The predicted octanol–water partition coefficient (Wildman–Crippen LogP) is 3.11. The molecular weight excluding hydrogens is 208 g/mol. The molecule has 2 heteroatoms. The fraction of sp³-hybridized carbons (Fsp3) is 0.600. The Balaban J connectivity index is 1.99. The van der Waals surface area contributed by atoms with Crippen molar-refractivity contribution in [2.45, 2.75) is 33.1 Å². The largest absolute Gasteiger partial charge is 0.384 e. The summed E-state index contributed by atoms with van der Waals surface area (Å²) >= 11 is 0. The summed E-state index contributed by atoms with van der Waals surface area (Å²) in [7, 11) is 2.05. The van der Waals surface area contributed by atoms with Gasteiger partial charge in [-0.15, -0.1) is 0 Å². The zero-order chi connectivity index (χ0) is 12.3. The van der Waals surface area contributed by atoms with Crippen LogP contribution in [0, 0.1) is 19.3 Å². The molecule has 0 spiro atoms. The number of aryl methyl sites for hydroxylation is 2. The first-order valence-corrected chi connectivity index (χ1v) is 6.61. The van der Waals surface area contributed by atoms with E-state index in [0.717, 1.165) is 13.1 Å². The lowest BCUT2D eigenvalue weighted by Gasteiger charge is -2.42. The molecule has 0 amide bonds. The molecule has 94 valence electrons. The second-order valence-electron chi connectivity index (χ2n) is 5.56. The Hall–Kier alpha value is -1.02. The zero-order valence-corrected chi connectivity index (χ0v) is 11.3. The Morgan fingerprint density at radius 2 is 1.94 bits per heavy atom. The van der Waals surface area contributed by atoms with E-state index in [1.807, 2.05) is 0 Å².